The lowest BCUT2D eigenvalue weighted by Crippen LogP contribution is -1.85. The van der Waals surface area contributed by atoms with E-state index in [4.69, 9.17) is 4.74 Å². The summed E-state index contributed by atoms with van der Waals surface area (Å²) in [6, 6.07) is 9.93. The van der Waals surface area contributed by atoms with Gasteiger partial charge in [0.15, 0.2) is 5.65 Å². The fourth-order valence-electron chi connectivity index (χ4n) is 2.12. The van der Waals surface area contributed by atoms with Crippen LogP contribution in [0.25, 0.3) is 28.4 Å². The number of aromatic nitrogens is 3. The van der Waals surface area contributed by atoms with E-state index in [0.29, 0.717) is 5.65 Å². The normalized spacial score (nSPS) is 11.1. The van der Waals surface area contributed by atoms with Gasteiger partial charge in [-0.2, -0.15) is 0 Å². The van der Waals surface area contributed by atoms with Gasteiger partial charge in [0.05, 0.1) is 12.6 Å². The standard InChI is InChI=1S/C17H15N3O/c1-3-4-8-16-19-15-10-13(11-18-17(15)20-16)12-6-5-7-14(9-12)21-2/h3-11H,1H2,2H3,(H,18,19,20)/b8-4+. The van der Waals surface area contributed by atoms with Crippen LogP contribution in [-0.4, -0.2) is 22.1 Å². The van der Waals surface area contributed by atoms with Gasteiger partial charge in [-0.1, -0.05) is 30.9 Å². The van der Waals surface area contributed by atoms with Crippen LogP contribution in [0, 0.1) is 0 Å². The van der Waals surface area contributed by atoms with Crippen molar-refractivity contribution in [3.63, 3.8) is 0 Å². The number of aromatic amines is 1. The topological polar surface area (TPSA) is 50.8 Å². The van der Waals surface area contributed by atoms with Gasteiger partial charge in [0.2, 0.25) is 0 Å². The predicted octanol–water partition coefficient (Wildman–Crippen LogP) is 3.83. The molecule has 0 atom stereocenters. The van der Waals surface area contributed by atoms with Crippen molar-refractivity contribution < 1.29 is 4.74 Å². The number of rotatable bonds is 4. The molecule has 0 aliphatic carbocycles. The zero-order valence-electron chi connectivity index (χ0n) is 11.7. The Morgan fingerprint density at radius 2 is 2.14 bits per heavy atom. The smallest absolute Gasteiger partial charge is 0.178 e. The van der Waals surface area contributed by atoms with Crippen molar-refractivity contribution in [1.29, 1.82) is 0 Å². The lowest BCUT2D eigenvalue weighted by molar-refractivity contribution is 0.415. The Morgan fingerprint density at radius 3 is 2.95 bits per heavy atom. The van der Waals surface area contributed by atoms with Crippen LogP contribution < -0.4 is 4.74 Å². The van der Waals surface area contributed by atoms with Crippen LogP contribution in [-0.2, 0) is 0 Å². The molecule has 0 bridgehead atoms. The Labute approximate surface area is 122 Å². The number of hydrogen-bond donors (Lipinski definition) is 1. The van der Waals surface area contributed by atoms with E-state index in [-0.39, 0.29) is 0 Å². The van der Waals surface area contributed by atoms with Crippen molar-refractivity contribution in [3.05, 3.63) is 61.1 Å². The van der Waals surface area contributed by atoms with Gasteiger partial charge in [-0.05, 0) is 29.8 Å². The van der Waals surface area contributed by atoms with E-state index in [9.17, 15) is 0 Å². The predicted molar refractivity (Wildman–Crippen MR) is 85.1 cm³/mol. The third kappa shape index (κ3) is 2.69. The molecule has 0 spiro atoms. The molecule has 3 aromatic rings. The van der Waals surface area contributed by atoms with E-state index in [1.807, 2.05) is 48.7 Å². The van der Waals surface area contributed by atoms with Gasteiger partial charge in [-0.25, -0.2) is 9.97 Å². The highest BCUT2D eigenvalue weighted by molar-refractivity contribution is 5.79. The average Bonchev–Trinajstić information content (AvgIpc) is 2.94. The number of imidazole rings is 1. The number of fused-ring (bicyclic) bond motifs is 1. The summed E-state index contributed by atoms with van der Waals surface area (Å²) < 4.78 is 5.25. The van der Waals surface area contributed by atoms with Crippen molar-refractivity contribution in [2.75, 3.05) is 7.11 Å². The zero-order valence-corrected chi connectivity index (χ0v) is 11.7. The molecule has 4 nitrogen and oxygen atoms in total. The van der Waals surface area contributed by atoms with Crippen molar-refractivity contribution in [1.82, 2.24) is 15.0 Å². The largest absolute Gasteiger partial charge is 0.497 e. The number of methoxy groups -OCH3 is 1. The molecular formula is C17H15N3O. The van der Waals surface area contributed by atoms with E-state index < -0.39 is 0 Å². The average molecular weight is 277 g/mol. The van der Waals surface area contributed by atoms with Gasteiger partial charge in [-0.3, -0.25) is 0 Å². The number of benzene rings is 1. The molecule has 0 radical (unpaired) electrons. The first-order valence-corrected chi connectivity index (χ1v) is 6.59. The molecule has 3 rings (SSSR count). The monoisotopic (exact) mass is 277 g/mol. The highest BCUT2D eigenvalue weighted by Gasteiger charge is 2.05. The molecule has 1 aromatic carbocycles. The fraction of sp³-hybridized carbons (Fsp3) is 0.0588. The number of nitrogens with one attached hydrogen (secondary N) is 1. The number of H-pyrrole nitrogens is 1. The van der Waals surface area contributed by atoms with E-state index in [1.165, 1.54) is 0 Å². The Hall–Kier alpha value is -2.88. The Balaban J connectivity index is 2.03. The fourth-order valence-corrected chi connectivity index (χ4v) is 2.12. The van der Waals surface area contributed by atoms with Gasteiger partial charge >= 0.3 is 0 Å². The van der Waals surface area contributed by atoms with Gasteiger partial charge in [-0.15, -0.1) is 0 Å². The van der Waals surface area contributed by atoms with E-state index in [2.05, 4.69) is 21.5 Å². The number of pyridine rings is 1. The van der Waals surface area contributed by atoms with Crippen LogP contribution in [0.2, 0.25) is 0 Å². The molecule has 104 valence electrons. The first-order valence-electron chi connectivity index (χ1n) is 6.59. The second kappa shape index (κ2) is 5.63. The van der Waals surface area contributed by atoms with Crippen LogP contribution in [0.15, 0.2) is 55.3 Å². The summed E-state index contributed by atoms with van der Waals surface area (Å²) in [7, 11) is 1.66. The zero-order chi connectivity index (χ0) is 14.7. The maximum absolute atomic E-state index is 5.25. The molecule has 0 unspecified atom stereocenters. The summed E-state index contributed by atoms with van der Waals surface area (Å²) in [4.78, 5) is 12.0. The van der Waals surface area contributed by atoms with Crippen molar-refractivity contribution in [2.24, 2.45) is 0 Å². The molecule has 2 heterocycles. The van der Waals surface area contributed by atoms with E-state index in [0.717, 1.165) is 28.2 Å². The lowest BCUT2D eigenvalue weighted by atomic mass is 10.1. The van der Waals surface area contributed by atoms with Gasteiger partial charge in [0.1, 0.15) is 11.6 Å². The lowest BCUT2D eigenvalue weighted by Gasteiger charge is -2.04. The van der Waals surface area contributed by atoms with E-state index >= 15 is 0 Å². The molecule has 0 saturated heterocycles. The van der Waals surface area contributed by atoms with Crippen LogP contribution in [0.5, 0.6) is 5.75 Å². The molecule has 2 aromatic heterocycles. The molecule has 0 saturated carbocycles. The summed E-state index contributed by atoms with van der Waals surface area (Å²) in [6.07, 6.45) is 7.22. The molecule has 1 N–H and O–H groups in total. The molecule has 21 heavy (non-hydrogen) atoms. The quantitative estimate of drug-likeness (QED) is 0.737. The number of hydrogen-bond acceptors (Lipinski definition) is 3. The minimum Gasteiger partial charge on any atom is -0.497 e. The first kappa shape index (κ1) is 13.1. The summed E-state index contributed by atoms with van der Waals surface area (Å²) in [5, 5.41) is 0. The van der Waals surface area contributed by atoms with Gasteiger partial charge in [0.25, 0.3) is 0 Å². The first-order chi connectivity index (χ1) is 10.3. The Kier molecular flexibility index (Phi) is 3.51. The van der Waals surface area contributed by atoms with Crippen LogP contribution >= 0.6 is 0 Å². The maximum atomic E-state index is 5.25. The third-order valence-corrected chi connectivity index (χ3v) is 3.15. The minimum absolute atomic E-state index is 0.699. The van der Waals surface area contributed by atoms with Crippen molar-refractivity contribution in [3.8, 4) is 16.9 Å². The Bertz CT molecular complexity index is 818. The number of allylic oxidation sites excluding steroid dienone is 2. The third-order valence-electron chi connectivity index (χ3n) is 3.15. The number of ether oxygens (including phenoxy) is 1. The van der Waals surface area contributed by atoms with Gasteiger partial charge < -0.3 is 9.72 Å². The maximum Gasteiger partial charge on any atom is 0.178 e. The minimum atomic E-state index is 0.699. The molecular weight excluding hydrogens is 262 g/mol. The van der Waals surface area contributed by atoms with Crippen molar-refractivity contribution >= 4 is 17.2 Å². The summed E-state index contributed by atoms with van der Waals surface area (Å²) in [5.74, 6) is 1.59. The summed E-state index contributed by atoms with van der Waals surface area (Å²) in [5.41, 5.74) is 3.68. The van der Waals surface area contributed by atoms with Crippen LogP contribution in [0.1, 0.15) is 5.82 Å². The van der Waals surface area contributed by atoms with Crippen molar-refractivity contribution in [2.45, 2.75) is 0 Å². The van der Waals surface area contributed by atoms with Crippen LogP contribution in [0.4, 0.5) is 0 Å². The van der Waals surface area contributed by atoms with E-state index in [1.54, 1.807) is 13.2 Å². The molecule has 0 aliphatic heterocycles. The Morgan fingerprint density at radius 1 is 1.24 bits per heavy atom. The van der Waals surface area contributed by atoms with Crippen LogP contribution in [0.3, 0.4) is 0 Å². The second-order valence-corrected chi connectivity index (χ2v) is 4.54. The number of nitrogens with zero attached hydrogens (tertiary/aromatic N) is 2. The summed E-state index contributed by atoms with van der Waals surface area (Å²) in [6.45, 7) is 3.64. The highest BCUT2D eigenvalue weighted by atomic mass is 16.5. The van der Waals surface area contributed by atoms with Gasteiger partial charge in [0, 0.05) is 11.8 Å². The second-order valence-electron chi connectivity index (χ2n) is 4.54. The molecule has 4 heteroatoms. The highest BCUT2D eigenvalue weighted by Crippen LogP contribution is 2.25. The summed E-state index contributed by atoms with van der Waals surface area (Å²) >= 11 is 0. The molecule has 0 fully saturated rings. The molecule has 0 amide bonds. The SMILES string of the molecule is C=C/C=C/c1nc2ncc(-c3cccc(OC)c3)cc2[nH]1. The molecule has 0 aliphatic rings.